The largest absolute Gasteiger partial charge is 1.00 e. The van der Waals surface area contributed by atoms with Crippen LogP contribution in [0.15, 0.2) is 151 Å². The number of hydrogen-bond acceptors (Lipinski definition) is 3. The van der Waals surface area contributed by atoms with E-state index in [4.69, 9.17) is 21.7 Å². The van der Waals surface area contributed by atoms with Crippen molar-refractivity contribution >= 4 is 45.0 Å². The summed E-state index contributed by atoms with van der Waals surface area (Å²) in [5.74, 6) is -1.10. The molecule has 5 N–H and O–H groups in total. The molecule has 1 unspecified atom stereocenters. The molecule has 1 aliphatic rings. The maximum absolute atomic E-state index is 8.22. The molecule has 6 nitrogen and oxygen atoms in total. The van der Waals surface area contributed by atoms with Crippen LogP contribution >= 0.6 is 17.2 Å². The van der Waals surface area contributed by atoms with Crippen molar-refractivity contribution in [2.45, 2.75) is 76.8 Å². The van der Waals surface area contributed by atoms with Crippen LogP contribution in [0.3, 0.4) is 0 Å². The number of aliphatic imine (C=N–C) groups is 1. The van der Waals surface area contributed by atoms with Crippen molar-refractivity contribution in [1.29, 1.82) is 0 Å². The first-order valence-electron chi connectivity index (χ1n) is 20.2. The zero-order valence-corrected chi connectivity index (χ0v) is 35.7. The minimum atomic E-state index is -3.14. The molecular formula is C47H58BrClN5OP. The third-order valence-corrected chi connectivity index (χ3v) is 18.2. The van der Waals surface area contributed by atoms with Gasteiger partial charge in [-0.05, 0) is 29.8 Å². The predicted molar refractivity (Wildman–Crippen MR) is 236 cm³/mol. The molecule has 56 heavy (non-hydrogen) atoms. The monoisotopic (exact) mass is 853 g/mol. The fraction of sp³-hybridized carbons (Fsp3) is 0.319. The topological polar surface area (TPSA) is 85.6 Å². The van der Waals surface area contributed by atoms with Crippen molar-refractivity contribution < 1.29 is 26.7 Å². The van der Waals surface area contributed by atoms with Crippen LogP contribution in [0.1, 0.15) is 81.5 Å². The van der Waals surface area contributed by atoms with Gasteiger partial charge in [-0.1, -0.05) is 30.3 Å². The van der Waals surface area contributed by atoms with Crippen LogP contribution in [0.2, 0.25) is 0 Å². The SMILES string of the molecule is NC1=NC(c2ccc(OCCCCCCCCCCCCP(Cl)(c3ccccc3)(c3ccccc3)c3ccccc3)cc2)NC(=[NH+]CCc2ccccc2)N1.[Br-]. The van der Waals surface area contributed by atoms with Gasteiger partial charge in [-0.25, -0.2) is 5.32 Å². The third-order valence-electron chi connectivity index (χ3n) is 10.7. The van der Waals surface area contributed by atoms with Crippen molar-refractivity contribution in [1.82, 2.24) is 10.6 Å². The van der Waals surface area contributed by atoms with Crippen molar-refractivity contribution in [3.63, 3.8) is 0 Å². The summed E-state index contributed by atoms with van der Waals surface area (Å²) in [6, 6.07) is 51.1. The number of unbranched alkanes of at least 4 members (excludes halogenated alkanes) is 9. The van der Waals surface area contributed by atoms with Crippen LogP contribution in [-0.4, -0.2) is 31.2 Å². The molecule has 1 atom stereocenters. The van der Waals surface area contributed by atoms with E-state index in [0.29, 0.717) is 5.96 Å². The second kappa shape index (κ2) is 22.0. The smallest absolute Gasteiger partial charge is 0.352 e. The quantitative estimate of drug-likeness (QED) is 0.0630. The maximum Gasteiger partial charge on any atom is 0.352 e. The molecule has 0 amide bonds. The Morgan fingerprint density at radius 1 is 0.607 bits per heavy atom. The Morgan fingerprint density at radius 3 is 1.59 bits per heavy atom. The summed E-state index contributed by atoms with van der Waals surface area (Å²) in [5.41, 5.74) is 8.42. The Labute approximate surface area is 349 Å². The molecule has 5 aromatic carbocycles. The molecule has 0 aliphatic carbocycles. The fourth-order valence-corrected chi connectivity index (χ4v) is 13.9. The number of rotatable bonds is 21. The standard InChI is InChI=1S/C47H57ClN5OP.BrH/c48-55(42-25-15-10-16-26-42,43-27-17-11-18-28-43,44-29-19-12-20-30-44)38-22-8-6-4-2-1-3-5-7-21-37-54-41-33-31-40(32-34-41)45-51-46(49)53-47(52-45)50-36-35-39-23-13-9-14-24-39;/h9-20,23-34,45H,1-8,21-22,35-38H2,(H4,49,50,51,52,53);1H. The van der Waals surface area contributed by atoms with E-state index in [1.807, 2.05) is 18.2 Å². The molecule has 0 bridgehead atoms. The summed E-state index contributed by atoms with van der Waals surface area (Å²) in [4.78, 5) is 7.95. The molecule has 1 heterocycles. The molecule has 0 saturated carbocycles. The van der Waals surface area contributed by atoms with Gasteiger partial charge in [0.25, 0.3) is 5.96 Å². The van der Waals surface area contributed by atoms with E-state index >= 15 is 0 Å². The molecule has 6 rings (SSSR count). The van der Waals surface area contributed by atoms with Crippen molar-refractivity contribution in [3.8, 4) is 5.75 Å². The average Bonchev–Trinajstić information content (AvgIpc) is 3.24. The van der Waals surface area contributed by atoms with Crippen LogP contribution in [0.5, 0.6) is 5.75 Å². The normalized spacial score (nSPS) is 15.4. The van der Waals surface area contributed by atoms with E-state index in [-0.39, 0.29) is 23.1 Å². The summed E-state index contributed by atoms with van der Waals surface area (Å²) in [7, 11) is 0. The summed E-state index contributed by atoms with van der Waals surface area (Å²) in [6.07, 6.45) is 13.9. The van der Waals surface area contributed by atoms with E-state index in [1.54, 1.807) is 0 Å². The first-order chi connectivity index (χ1) is 27.0. The number of nitrogens with two attached hydrogens (primary N) is 1. The van der Waals surface area contributed by atoms with Crippen LogP contribution in [-0.2, 0) is 6.42 Å². The number of halogens is 2. The number of nitrogens with one attached hydrogen (secondary N) is 3. The molecule has 5 aromatic rings. The number of hydrogen-bond donors (Lipinski definition) is 4. The maximum atomic E-state index is 8.22. The molecule has 1 aliphatic heterocycles. The van der Waals surface area contributed by atoms with Crippen LogP contribution in [0.4, 0.5) is 0 Å². The minimum absolute atomic E-state index is 0. The van der Waals surface area contributed by atoms with Gasteiger partial charge in [0.15, 0.2) is 6.17 Å². The van der Waals surface area contributed by atoms with E-state index in [0.717, 1.165) is 55.8 Å². The third kappa shape index (κ3) is 11.5. The van der Waals surface area contributed by atoms with Crippen molar-refractivity contribution in [2.24, 2.45) is 10.7 Å². The summed E-state index contributed by atoms with van der Waals surface area (Å²) in [5, 5.41) is 10.3. The summed E-state index contributed by atoms with van der Waals surface area (Å²) >= 11 is 8.22. The molecule has 0 fully saturated rings. The van der Waals surface area contributed by atoms with Gasteiger partial charge in [-0.15, -0.1) is 0 Å². The molecule has 0 spiro atoms. The van der Waals surface area contributed by atoms with E-state index < -0.39 is 5.96 Å². The van der Waals surface area contributed by atoms with Gasteiger partial charge in [0.1, 0.15) is 5.75 Å². The van der Waals surface area contributed by atoms with Crippen LogP contribution in [0, 0.1) is 0 Å². The molecule has 0 radical (unpaired) electrons. The Hall–Kier alpha value is -4.16. The number of benzene rings is 5. The molecule has 0 aromatic heterocycles. The van der Waals surface area contributed by atoms with Crippen molar-refractivity contribution in [2.75, 3.05) is 19.3 Å². The molecular weight excluding hydrogens is 797 g/mol. The van der Waals surface area contributed by atoms with Gasteiger partial charge < -0.3 is 27.5 Å². The van der Waals surface area contributed by atoms with Gasteiger partial charge in [-0.3, -0.25) is 10.3 Å². The predicted octanol–water partition coefficient (Wildman–Crippen LogP) is 4.84. The van der Waals surface area contributed by atoms with E-state index in [9.17, 15) is 0 Å². The van der Waals surface area contributed by atoms with Crippen LogP contribution in [0.25, 0.3) is 0 Å². The first kappa shape index (κ1) is 43.0. The fourth-order valence-electron chi connectivity index (χ4n) is 7.65. The van der Waals surface area contributed by atoms with Gasteiger partial charge in [0, 0.05) is 12.0 Å². The van der Waals surface area contributed by atoms with Gasteiger partial charge in [0.05, 0.1) is 6.54 Å². The Morgan fingerprint density at radius 2 is 1.07 bits per heavy atom. The summed E-state index contributed by atoms with van der Waals surface area (Å²) < 4.78 is 6.07. The number of guanidine groups is 2. The summed E-state index contributed by atoms with van der Waals surface area (Å²) in [6.45, 7) is 1.52. The van der Waals surface area contributed by atoms with E-state index in [1.165, 1.54) is 72.8 Å². The van der Waals surface area contributed by atoms with Crippen molar-refractivity contribution in [3.05, 3.63) is 157 Å². The van der Waals surface area contributed by atoms with Crippen LogP contribution < -0.4 is 59.0 Å². The number of nitrogens with zero attached hydrogens (tertiary/aromatic N) is 1. The van der Waals surface area contributed by atoms with E-state index in [2.05, 4.69) is 148 Å². The Kier molecular flexibility index (Phi) is 16.8. The zero-order valence-electron chi connectivity index (χ0n) is 32.5. The minimum Gasteiger partial charge on any atom is -1.00 e. The molecule has 9 heteroatoms. The molecule has 0 saturated heterocycles. The van der Waals surface area contributed by atoms with Gasteiger partial charge in [0.2, 0.25) is 0 Å². The zero-order chi connectivity index (χ0) is 38.0. The Bertz CT molecular complexity index is 1830. The second-order valence-electron chi connectivity index (χ2n) is 14.6. The molecule has 296 valence electrons. The first-order valence-corrected chi connectivity index (χ1v) is 23.5. The van der Waals surface area contributed by atoms with Gasteiger partial charge in [-0.2, -0.15) is 4.99 Å². The average molecular weight is 855 g/mol. The number of ether oxygens (including phenoxy) is 1. The van der Waals surface area contributed by atoms with Gasteiger partial charge >= 0.3 is 207 Å². The second-order valence-corrected chi connectivity index (χ2v) is 21.2. The Balaban J connectivity index is 0.00000600.